The summed E-state index contributed by atoms with van der Waals surface area (Å²) in [5, 5.41) is 20.0. The number of aryl methyl sites for hydroxylation is 1. The Morgan fingerprint density at radius 1 is 0.939 bits per heavy atom. The van der Waals surface area contributed by atoms with E-state index in [9.17, 15) is 10.2 Å². The second-order valence-electron chi connectivity index (χ2n) is 9.38. The Balaban J connectivity index is 1.57. The van der Waals surface area contributed by atoms with Crippen LogP contribution in [0.25, 0.3) is 0 Å². The second-order valence-corrected chi connectivity index (χ2v) is 9.38. The lowest BCUT2D eigenvalue weighted by atomic mass is 9.77. The molecule has 0 radical (unpaired) electrons. The smallest absolute Gasteiger partial charge is 0.122 e. The highest BCUT2D eigenvalue weighted by Crippen LogP contribution is 2.34. The summed E-state index contributed by atoms with van der Waals surface area (Å²) < 4.78 is 17.0. The van der Waals surface area contributed by atoms with Crippen LogP contribution in [0.1, 0.15) is 43.9 Å². The van der Waals surface area contributed by atoms with Gasteiger partial charge in [-0.25, -0.2) is 0 Å². The van der Waals surface area contributed by atoms with E-state index >= 15 is 0 Å². The number of benzene rings is 2. The van der Waals surface area contributed by atoms with Gasteiger partial charge in [0.2, 0.25) is 0 Å². The van der Waals surface area contributed by atoms with Crippen molar-refractivity contribution in [3.8, 4) is 11.5 Å². The summed E-state index contributed by atoms with van der Waals surface area (Å²) in [5.41, 5.74) is 3.23. The van der Waals surface area contributed by atoms with Crippen molar-refractivity contribution in [1.82, 2.24) is 4.90 Å². The van der Waals surface area contributed by atoms with E-state index in [1.165, 1.54) is 11.1 Å². The zero-order valence-electron chi connectivity index (χ0n) is 20.4. The van der Waals surface area contributed by atoms with Crippen molar-refractivity contribution >= 4 is 0 Å². The molecule has 0 aliphatic carbocycles. The number of nitrogens with zero attached hydrogens (tertiary/aromatic N) is 1. The molecule has 1 heterocycles. The molecule has 6 heteroatoms. The summed E-state index contributed by atoms with van der Waals surface area (Å²) in [6.45, 7) is 12.7. The molecule has 1 aliphatic rings. The first kappa shape index (κ1) is 25.5. The zero-order valence-corrected chi connectivity index (χ0v) is 20.4. The van der Waals surface area contributed by atoms with Gasteiger partial charge in [0.1, 0.15) is 30.8 Å². The number of hydrogen-bond acceptors (Lipinski definition) is 6. The zero-order chi connectivity index (χ0) is 23.8. The molecule has 1 aliphatic heterocycles. The van der Waals surface area contributed by atoms with Gasteiger partial charge in [-0.15, -0.1) is 0 Å². The highest BCUT2D eigenvalue weighted by atomic mass is 16.5. The first-order valence-corrected chi connectivity index (χ1v) is 11.9. The Morgan fingerprint density at radius 2 is 1.58 bits per heavy atom. The van der Waals surface area contributed by atoms with Crippen LogP contribution in [-0.2, 0) is 10.2 Å². The quantitative estimate of drug-likeness (QED) is 0.538. The molecular formula is C27H39NO5. The number of β-amino-alcohol motifs (C(OH)–C–C–N with tert-alkyl or cyclic N) is 1. The minimum atomic E-state index is -0.527. The number of rotatable bonds is 11. The van der Waals surface area contributed by atoms with Crippen molar-refractivity contribution in [3.05, 3.63) is 59.2 Å². The predicted molar refractivity (Wildman–Crippen MR) is 130 cm³/mol. The molecule has 2 unspecified atom stereocenters. The third kappa shape index (κ3) is 7.18. The van der Waals surface area contributed by atoms with Crippen LogP contribution in [0.2, 0.25) is 0 Å². The molecule has 0 bridgehead atoms. The summed E-state index contributed by atoms with van der Waals surface area (Å²) in [6.07, 6.45) is -0.292. The molecule has 1 saturated heterocycles. The summed E-state index contributed by atoms with van der Waals surface area (Å²) in [6, 6.07) is 14.3. The maximum Gasteiger partial charge on any atom is 0.122 e. The summed E-state index contributed by atoms with van der Waals surface area (Å²) in [7, 11) is 0. The number of hydrogen-bond donors (Lipinski definition) is 2. The molecule has 182 valence electrons. The van der Waals surface area contributed by atoms with Crippen LogP contribution in [0.15, 0.2) is 42.5 Å². The number of aliphatic hydroxyl groups excluding tert-OH is 2. The molecule has 33 heavy (non-hydrogen) atoms. The number of ether oxygens (including phenoxy) is 3. The minimum Gasteiger partial charge on any atom is -0.491 e. The molecule has 0 aromatic heterocycles. The lowest BCUT2D eigenvalue weighted by molar-refractivity contribution is 0.00465. The van der Waals surface area contributed by atoms with Crippen LogP contribution in [0.3, 0.4) is 0 Å². The van der Waals surface area contributed by atoms with Gasteiger partial charge in [0.05, 0.1) is 19.3 Å². The highest BCUT2D eigenvalue weighted by Gasteiger charge is 2.24. The van der Waals surface area contributed by atoms with Gasteiger partial charge in [-0.1, -0.05) is 45.0 Å². The Labute approximate surface area is 198 Å². The molecule has 1 fully saturated rings. The average Bonchev–Trinajstić information content (AvgIpc) is 2.82. The lowest BCUT2D eigenvalue weighted by Gasteiger charge is -2.28. The topological polar surface area (TPSA) is 71.4 Å². The van der Waals surface area contributed by atoms with E-state index in [4.69, 9.17) is 14.2 Å². The van der Waals surface area contributed by atoms with Crippen LogP contribution in [0.4, 0.5) is 0 Å². The van der Waals surface area contributed by atoms with E-state index in [0.717, 1.165) is 43.4 Å². The Kier molecular flexibility index (Phi) is 9.15. The first-order chi connectivity index (χ1) is 15.8. The average molecular weight is 458 g/mol. The normalized spacial score (nSPS) is 16.9. The number of aliphatic hydroxyl groups is 2. The predicted octanol–water partition coefficient (Wildman–Crippen LogP) is 3.54. The Hall–Kier alpha value is -2.12. The minimum absolute atomic E-state index is 0.194. The molecule has 3 rings (SSSR count). The van der Waals surface area contributed by atoms with Gasteiger partial charge < -0.3 is 24.4 Å². The fraction of sp³-hybridized carbons (Fsp3) is 0.556. The summed E-state index contributed by atoms with van der Waals surface area (Å²) in [4.78, 5) is 2.20. The van der Waals surface area contributed by atoms with Crippen LogP contribution < -0.4 is 9.47 Å². The van der Waals surface area contributed by atoms with Gasteiger partial charge in [-0.2, -0.15) is 0 Å². The van der Waals surface area contributed by atoms with E-state index in [1.54, 1.807) is 0 Å². The van der Waals surface area contributed by atoms with E-state index in [-0.39, 0.29) is 12.0 Å². The Bertz CT molecular complexity index is 861. The maximum atomic E-state index is 10.3. The third-order valence-electron chi connectivity index (χ3n) is 6.39. The molecule has 0 saturated carbocycles. The van der Waals surface area contributed by atoms with Gasteiger partial charge in [0.15, 0.2) is 0 Å². The number of morpholine rings is 1. The van der Waals surface area contributed by atoms with Crippen molar-refractivity contribution in [3.63, 3.8) is 0 Å². The Morgan fingerprint density at radius 3 is 2.21 bits per heavy atom. The molecule has 6 nitrogen and oxygen atoms in total. The molecule has 0 spiro atoms. The third-order valence-corrected chi connectivity index (χ3v) is 6.39. The second kappa shape index (κ2) is 11.8. The van der Waals surface area contributed by atoms with Crippen LogP contribution in [-0.4, -0.2) is 73.4 Å². The van der Waals surface area contributed by atoms with Crippen molar-refractivity contribution < 1.29 is 24.4 Å². The van der Waals surface area contributed by atoms with Crippen LogP contribution in [0, 0.1) is 6.92 Å². The SMILES string of the molecule is CCC(O)COc1ccc(C(C)(C)c2ccc(OCC(O)CN3CCOCC3)cc2)cc1C. The molecule has 0 amide bonds. The van der Waals surface area contributed by atoms with Gasteiger partial charge >= 0.3 is 0 Å². The standard InChI is InChI=1S/C27H39NO5/c1-5-23(29)18-33-26-11-8-22(16-20(26)2)27(3,4)21-6-9-25(10-7-21)32-19-24(30)17-28-12-14-31-15-13-28/h6-11,16,23-24,29-30H,5,12-15,17-19H2,1-4H3. The van der Waals surface area contributed by atoms with Crippen LogP contribution in [0.5, 0.6) is 11.5 Å². The van der Waals surface area contributed by atoms with Gasteiger partial charge in [0, 0.05) is 25.0 Å². The van der Waals surface area contributed by atoms with Crippen LogP contribution >= 0.6 is 0 Å². The van der Waals surface area contributed by atoms with Gasteiger partial charge in [-0.3, -0.25) is 4.90 Å². The van der Waals surface area contributed by atoms with E-state index in [2.05, 4.69) is 43.0 Å². The largest absolute Gasteiger partial charge is 0.491 e. The molecule has 2 atom stereocenters. The van der Waals surface area contributed by atoms with E-state index in [0.29, 0.717) is 19.6 Å². The summed E-state index contributed by atoms with van der Waals surface area (Å²) >= 11 is 0. The molecule has 2 aromatic rings. The molecule has 2 N–H and O–H groups in total. The van der Waals surface area contributed by atoms with Crippen molar-refractivity contribution in [1.29, 1.82) is 0 Å². The fourth-order valence-corrected chi connectivity index (χ4v) is 3.97. The highest BCUT2D eigenvalue weighted by molar-refractivity contribution is 5.45. The van der Waals surface area contributed by atoms with Crippen molar-refractivity contribution in [2.24, 2.45) is 0 Å². The van der Waals surface area contributed by atoms with E-state index < -0.39 is 12.2 Å². The fourth-order valence-electron chi connectivity index (χ4n) is 3.97. The van der Waals surface area contributed by atoms with Crippen molar-refractivity contribution in [2.45, 2.75) is 51.7 Å². The van der Waals surface area contributed by atoms with Gasteiger partial charge in [0.25, 0.3) is 0 Å². The van der Waals surface area contributed by atoms with Crippen molar-refractivity contribution in [2.75, 3.05) is 46.1 Å². The monoisotopic (exact) mass is 457 g/mol. The molecule has 2 aromatic carbocycles. The van der Waals surface area contributed by atoms with E-state index in [1.807, 2.05) is 32.0 Å². The lowest BCUT2D eigenvalue weighted by Crippen LogP contribution is -2.42. The summed E-state index contributed by atoms with van der Waals surface area (Å²) in [5.74, 6) is 1.56. The molecular weight excluding hydrogens is 418 g/mol. The first-order valence-electron chi connectivity index (χ1n) is 11.9. The van der Waals surface area contributed by atoms with Gasteiger partial charge in [-0.05, 0) is 48.2 Å². The maximum absolute atomic E-state index is 10.3.